The summed E-state index contributed by atoms with van der Waals surface area (Å²) in [5.41, 5.74) is 8.06. The fourth-order valence-corrected chi connectivity index (χ4v) is 4.23. The predicted molar refractivity (Wildman–Crippen MR) is 124 cm³/mol. The van der Waals surface area contributed by atoms with Crippen LogP contribution in [0, 0.1) is 12.8 Å². The van der Waals surface area contributed by atoms with E-state index in [1.807, 2.05) is 42.3 Å². The second-order valence-corrected chi connectivity index (χ2v) is 8.39. The maximum atomic E-state index is 12.7. The maximum Gasteiger partial charge on any atom is 0.265 e. The Hall–Kier alpha value is -3.49. The molecular formula is C25H28N4O4. The Morgan fingerprint density at radius 2 is 1.97 bits per heavy atom. The molecule has 0 bridgehead atoms. The van der Waals surface area contributed by atoms with Crippen molar-refractivity contribution in [2.24, 2.45) is 5.92 Å². The SMILES string of the molecule is Cc1cc(COc2ccc(C(=O)NN3CCC[C@H](CC(=O)NO)C3)cc2)c2ccccc2n1. The molecule has 2 aromatic carbocycles. The first kappa shape index (κ1) is 22.7. The molecule has 3 N–H and O–H groups in total. The van der Waals surface area contributed by atoms with Crippen molar-refractivity contribution in [3.8, 4) is 5.75 Å². The van der Waals surface area contributed by atoms with Gasteiger partial charge in [-0.05, 0) is 62.1 Å². The minimum absolute atomic E-state index is 0.0925. The Morgan fingerprint density at radius 1 is 1.18 bits per heavy atom. The highest BCUT2D eigenvalue weighted by molar-refractivity contribution is 5.94. The van der Waals surface area contributed by atoms with Crippen molar-refractivity contribution >= 4 is 22.7 Å². The summed E-state index contributed by atoms with van der Waals surface area (Å²) in [5, 5.41) is 11.6. The van der Waals surface area contributed by atoms with Gasteiger partial charge < -0.3 is 4.74 Å². The lowest BCUT2D eigenvalue weighted by molar-refractivity contribution is -0.130. The van der Waals surface area contributed by atoms with E-state index in [-0.39, 0.29) is 18.2 Å². The first-order chi connectivity index (χ1) is 16.0. The van der Waals surface area contributed by atoms with E-state index in [1.54, 1.807) is 29.7 Å². The van der Waals surface area contributed by atoms with Crippen LogP contribution in [-0.4, -0.2) is 40.1 Å². The lowest BCUT2D eigenvalue weighted by Gasteiger charge is -2.32. The summed E-state index contributed by atoms with van der Waals surface area (Å²) >= 11 is 0. The number of amides is 2. The molecule has 0 unspecified atom stereocenters. The van der Waals surface area contributed by atoms with Gasteiger partial charge in [0.25, 0.3) is 5.91 Å². The molecule has 1 aliphatic heterocycles. The van der Waals surface area contributed by atoms with E-state index >= 15 is 0 Å². The summed E-state index contributed by atoms with van der Waals surface area (Å²) in [6.45, 7) is 3.67. The van der Waals surface area contributed by atoms with Gasteiger partial charge >= 0.3 is 0 Å². The van der Waals surface area contributed by atoms with Crippen LogP contribution in [0.15, 0.2) is 54.6 Å². The number of hydroxylamine groups is 1. The minimum atomic E-state index is -0.404. The lowest BCUT2D eigenvalue weighted by Crippen LogP contribution is -2.48. The molecule has 0 radical (unpaired) electrons. The molecule has 1 atom stereocenters. The monoisotopic (exact) mass is 448 g/mol. The van der Waals surface area contributed by atoms with E-state index in [1.165, 1.54) is 0 Å². The Labute approximate surface area is 192 Å². The number of carbonyl (C=O) groups excluding carboxylic acids is 2. The summed E-state index contributed by atoms with van der Waals surface area (Å²) in [6.07, 6.45) is 2.00. The molecule has 8 heteroatoms. The summed E-state index contributed by atoms with van der Waals surface area (Å²) in [5.74, 6) is 0.163. The molecule has 2 amide bonds. The molecule has 2 heterocycles. The van der Waals surface area contributed by atoms with E-state index in [2.05, 4.69) is 10.4 Å². The Kier molecular flexibility index (Phi) is 7.16. The number of piperidine rings is 1. The van der Waals surface area contributed by atoms with Gasteiger partial charge in [0.15, 0.2) is 0 Å². The number of nitrogens with zero attached hydrogens (tertiary/aromatic N) is 2. The van der Waals surface area contributed by atoms with Crippen molar-refractivity contribution in [2.75, 3.05) is 13.1 Å². The second kappa shape index (κ2) is 10.4. The number of fused-ring (bicyclic) bond motifs is 1. The number of aryl methyl sites for hydroxylation is 1. The number of nitrogens with one attached hydrogen (secondary N) is 2. The first-order valence-electron chi connectivity index (χ1n) is 11.1. The molecular weight excluding hydrogens is 420 g/mol. The maximum absolute atomic E-state index is 12.7. The van der Waals surface area contributed by atoms with Crippen molar-refractivity contribution in [3.05, 3.63) is 71.4 Å². The molecule has 0 saturated carbocycles. The predicted octanol–water partition coefficient (Wildman–Crippen LogP) is 3.37. The van der Waals surface area contributed by atoms with E-state index in [9.17, 15) is 9.59 Å². The number of hydrogen-bond donors (Lipinski definition) is 3. The van der Waals surface area contributed by atoms with Crippen LogP contribution in [0.5, 0.6) is 5.75 Å². The third-order valence-corrected chi connectivity index (χ3v) is 5.82. The van der Waals surface area contributed by atoms with Crippen molar-refractivity contribution in [1.82, 2.24) is 20.9 Å². The number of hydrazine groups is 1. The largest absolute Gasteiger partial charge is 0.489 e. The van der Waals surface area contributed by atoms with E-state index in [4.69, 9.17) is 9.94 Å². The van der Waals surface area contributed by atoms with Gasteiger partial charge in [-0.1, -0.05) is 18.2 Å². The summed E-state index contributed by atoms with van der Waals surface area (Å²) in [4.78, 5) is 28.6. The Morgan fingerprint density at radius 3 is 2.76 bits per heavy atom. The molecule has 0 spiro atoms. The molecule has 1 aliphatic rings. The van der Waals surface area contributed by atoms with Gasteiger partial charge in [0, 0.05) is 41.7 Å². The number of aromatic nitrogens is 1. The van der Waals surface area contributed by atoms with Gasteiger partial charge in [-0.15, -0.1) is 0 Å². The third-order valence-electron chi connectivity index (χ3n) is 5.82. The Balaban J connectivity index is 1.34. The fraction of sp³-hybridized carbons (Fsp3) is 0.320. The van der Waals surface area contributed by atoms with Gasteiger partial charge in [-0.2, -0.15) is 0 Å². The van der Waals surface area contributed by atoms with Crippen molar-refractivity contribution < 1.29 is 19.5 Å². The third kappa shape index (κ3) is 5.85. The van der Waals surface area contributed by atoms with Gasteiger partial charge in [-0.25, -0.2) is 10.5 Å². The van der Waals surface area contributed by atoms with Crippen LogP contribution < -0.4 is 15.6 Å². The van der Waals surface area contributed by atoms with E-state index in [0.717, 1.165) is 41.5 Å². The van der Waals surface area contributed by atoms with Gasteiger partial charge in [0.05, 0.1) is 5.52 Å². The number of pyridine rings is 1. The topological polar surface area (TPSA) is 104 Å². The number of hydrogen-bond acceptors (Lipinski definition) is 6. The summed E-state index contributed by atoms with van der Waals surface area (Å²) < 4.78 is 5.97. The normalized spacial score (nSPS) is 16.4. The van der Waals surface area contributed by atoms with Crippen LogP contribution in [0.2, 0.25) is 0 Å². The van der Waals surface area contributed by atoms with Crippen molar-refractivity contribution in [2.45, 2.75) is 32.8 Å². The van der Waals surface area contributed by atoms with Crippen LogP contribution in [0.1, 0.15) is 40.9 Å². The molecule has 1 aromatic heterocycles. The fourth-order valence-electron chi connectivity index (χ4n) is 4.23. The standard InChI is InChI=1S/C25H28N4O4/c1-17-13-20(22-6-2-3-7-23(22)26-17)16-33-21-10-8-19(9-11-21)25(31)27-29-12-4-5-18(15-29)14-24(30)28-32/h2-3,6-11,13,18,32H,4-5,12,14-16H2,1H3,(H,27,31)(H,28,30)/t18-/m1/s1. The highest BCUT2D eigenvalue weighted by Crippen LogP contribution is 2.22. The van der Waals surface area contributed by atoms with E-state index < -0.39 is 5.91 Å². The van der Waals surface area contributed by atoms with Gasteiger partial charge in [0.2, 0.25) is 5.91 Å². The summed E-state index contributed by atoms with van der Waals surface area (Å²) in [7, 11) is 0. The van der Waals surface area contributed by atoms with Crippen LogP contribution in [0.3, 0.4) is 0 Å². The molecule has 1 fully saturated rings. The molecule has 4 rings (SSSR count). The van der Waals surface area contributed by atoms with Crippen LogP contribution in [-0.2, 0) is 11.4 Å². The van der Waals surface area contributed by atoms with Gasteiger partial charge in [0.1, 0.15) is 12.4 Å². The van der Waals surface area contributed by atoms with Crippen molar-refractivity contribution in [1.29, 1.82) is 0 Å². The first-order valence-corrected chi connectivity index (χ1v) is 11.1. The number of ether oxygens (including phenoxy) is 1. The van der Waals surface area contributed by atoms with Gasteiger partial charge in [-0.3, -0.25) is 25.2 Å². The molecule has 172 valence electrons. The molecule has 33 heavy (non-hydrogen) atoms. The summed E-state index contributed by atoms with van der Waals surface area (Å²) in [6, 6.07) is 17.1. The molecule has 3 aromatic rings. The minimum Gasteiger partial charge on any atom is -0.489 e. The smallest absolute Gasteiger partial charge is 0.265 e. The zero-order valence-corrected chi connectivity index (χ0v) is 18.6. The zero-order valence-electron chi connectivity index (χ0n) is 18.6. The second-order valence-electron chi connectivity index (χ2n) is 8.39. The highest BCUT2D eigenvalue weighted by Gasteiger charge is 2.23. The Bertz CT molecular complexity index is 1130. The molecule has 0 aliphatic carbocycles. The number of rotatable bonds is 7. The zero-order chi connectivity index (χ0) is 23.2. The molecule has 1 saturated heterocycles. The van der Waals surface area contributed by atoms with Crippen LogP contribution >= 0.6 is 0 Å². The average Bonchev–Trinajstić information content (AvgIpc) is 2.83. The molecule has 8 nitrogen and oxygen atoms in total. The number of benzene rings is 2. The van der Waals surface area contributed by atoms with Crippen LogP contribution in [0.25, 0.3) is 10.9 Å². The lowest BCUT2D eigenvalue weighted by atomic mass is 9.95. The number of carbonyl (C=O) groups is 2. The number of para-hydroxylation sites is 1. The average molecular weight is 449 g/mol. The van der Waals surface area contributed by atoms with Crippen LogP contribution in [0.4, 0.5) is 0 Å². The van der Waals surface area contributed by atoms with Crippen molar-refractivity contribution in [3.63, 3.8) is 0 Å². The van der Waals surface area contributed by atoms with E-state index in [0.29, 0.717) is 24.5 Å². The quantitative estimate of drug-likeness (QED) is 0.378. The highest BCUT2D eigenvalue weighted by atomic mass is 16.5.